The Kier molecular flexibility index (Phi) is 4.28. The van der Waals surface area contributed by atoms with Crippen LogP contribution in [-0.2, 0) is 6.54 Å². The van der Waals surface area contributed by atoms with Gasteiger partial charge in [0.1, 0.15) is 0 Å². The lowest BCUT2D eigenvalue weighted by Crippen LogP contribution is -2.37. The van der Waals surface area contributed by atoms with Crippen molar-refractivity contribution in [3.05, 3.63) is 48.3 Å². The summed E-state index contributed by atoms with van der Waals surface area (Å²) in [6.45, 7) is 5.58. The van der Waals surface area contributed by atoms with Gasteiger partial charge in [-0.05, 0) is 42.4 Å². The molecule has 2 atom stereocenters. The number of nitrogens with one attached hydrogen (secondary N) is 1. The molecule has 1 N–H and O–H groups in total. The van der Waals surface area contributed by atoms with E-state index in [9.17, 15) is 0 Å². The average Bonchev–Trinajstić information content (AvgIpc) is 2.98. The van der Waals surface area contributed by atoms with Crippen LogP contribution in [0.1, 0.15) is 38.7 Å². The minimum Gasteiger partial charge on any atom is -0.381 e. The SMILES string of the molecule is CC1CCCC(C)C1Nc1ccccc1Cn1cccn1. The van der Waals surface area contributed by atoms with Crippen LogP contribution >= 0.6 is 0 Å². The molecule has 0 saturated heterocycles. The molecule has 2 unspecified atom stereocenters. The molecule has 0 spiro atoms. The molecule has 1 aliphatic rings. The summed E-state index contributed by atoms with van der Waals surface area (Å²) in [5.74, 6) is 1.48. The standard InChI is InChI=1S/C18H25N3/c1-14-7-5-8-15(2)18(14)20-17-10-4-3-9-16(17)13-21-12-6-11-19-21/h3-4,6,9-12,14-15,18,20H,5,7-8,13H2,1-2H3. The molecule has 0 bridgehead atoms. The number of hydrogen-bond donors (Lipinski definition) is 1. The summed E-state index contributed by atoms with van der Waals surface area (Å²) in [5, 5.41) is 8.14. The highest BCUT2D eigenvalue weighted by Gasteiger charge is 2.27. The molecule has 1 aromatic heterocycles. The Morgan fingerprint density at radius 3 is 2.62 bits per heavy atom. The van der Waals surface area contributed by atoms with Gasteiger partial charge in [-0.25, -0.2) is 0 Å². The average molecular weight is 283 g/mol. The summed E-state index contributed by atoms with van der Waals surface area (Å²) in [6, 6.07) is 11.2. The fraction of sp³-hybridized carbons (Fsp3) is 0.500. The van der Waals surface area contributed by atoms with E-state index in [1.807, 2.05) is 23.1 Å². The zero-order chi connectivity index (χ0) is 14.7. The second kappa shape index (κ2) is 6.33. The summed E-state index contributed by atoms with van der Waals surface area (Å²) in [6.07, 6.45) is 7.89. The van der Waals surface area contributed by atoms with E-state index < -0.39 is 0 Å². The highest BCUT2D eigenvalue weighted by Crippen LogP contribution is 2.32. The lowest BCUT2D eigenvalue weighted by atomic mass is 9.78. The first kappa shape index (κ1) is 14.2. The highest BCUT2D eigenvalue weighted by molar-refractivity contribution is 5.52. The number of nitrogens with zero attached hydrogens (tertiary/aromatic N) is 2. The van der Waals surface area contributed by atoms with Crippen LogP contribution in [0.5, 0.6) is 0 Å². The van der Waals surface area contributed by atoms with Crippen molar-refractivity contribution in [1.29, 1.82) is 0 Å². The van der Waals surface area contributed by atoms with Crippen LogP contribution in [0, 0.1) is 11.8 Å². The van der Waals surface area contributed by atoms with Crippen molar-refractivity contribution < 1.29 is 0 Å². The minimum atomic E-state index is 0.581. The summed E-state index contributed by atoms with van der Waals surface area (Å²) in [4.78, 5) is 0. The molecule has 1 aliphatic carbocycles. The maximum atomic E-state index is 4.32. The normalized spacial score (nSPS) is 25.7. The van der Waals surface area contributed by atoms with E-state index in [-0.39, 0.29) is 0 Å². The molecule has 3 heteroatoms. The van der Waals surface area contributed by atoms with Gasteiger partial charge in [-0.15, -0.1) is 0 Å². The molecule has 1 heterocycles. The highest BCUT2D eigenvalue weighted by atomic mass is 15.3. The minimum absolute atomic E-state index is 0.581. The molecule has 2 aromatic rings. The van der Waals surface area contributed by atoms with Crippen LogP contribution in [0.3, 0.4) is 0 Å². The first-order chi connectivity index (χ1) is 10.2. The van der Waals surface area contributed by atoms with Crippen LogP contribution in [0.4, 0.5) is 5.69 Å². The van der Waals surface area contributed by atoms with Gasteiger partial charge in [0, 0.05) is 24.1 Å². The van der Waals surface area contributed by atoms with Crippen molar-refractivity contribution in [2.75, 3.05) is 5.32 Å². The van der Waals surface area contributed by atoms with Crippen LogP contribution < -0.4 is 5.32 Å². The third-order valence-electron chi connectivity index (χ3n) is 4.78. The van der Waals surface area contributed by atoms with Crippen molar-refractivity contribution >= 4 is 5.69 Å². The molecule has 3 rings (SSSR count). The Morgan fingerprint density at radius 2 is 1.90 bits per heavy atom. The van der Waals surface area contributed by atoms with E-state index in [1.165, 1.54) is 30.5 Å². The van der Waals surface area contributed by atoms with E-state index in [0.29, 0.717) is 6.04 Å². The van der Waals surface area contributed by atoms with Crippen LogP contribution in [0.25, 0.3) is 0 Å². The number of anilines is 1. The van der Waals surface area contributed by atoms with Crippen molar-refractivity contribution in [2.45, 2.75) is 45.7 Å². The Hall–Kier alpha value is -1.77. The topological polar surface area (TPSA) is 29.9 Å². The van der Waals surface area contributed by atoms with Gasteiger partial charge in [-0.1, -0.05) is 38.5 Å². The van der Waals surface area contributed by atoms with Crippen molar-refractivity contribution in [3.63, 3.8) is 0 Å². The zero-order valence-electron chi connectivity index (χ0n) is 13.0. The van der Waals surface area contributed by atoms with Gasteiger partial charge in [0.2, 0.25) is 0 Å². The first-order valence-electron chi connectivity index (χ1n) is 8.06. The molecule has 1 saturated carbocycles. The summed E-state index contributed by atoms with van der Waals surface area (Å²) in [7, 11) is 0. The Labute approximate surface area is 127 Å². The van der Waals surface area contributed by atoms with Gasteiger partial charge in [0.05, 0.1) is 6.54 Å². The molecular formula is C18H25N3. The Morgan fingerprint density at radius 1 is 1.14 bits per heavy atom. The second-order valence-electron chi connectivity index (χ2n) is 6.42. The molecule has 21 heavy (non-hydrogen) atoms. The van der Waals surface area contributed by atoms with E-state index >= 15 is 0 Å². The maximum absolute atomic E-state index is 4.32. The quantitative estimate of drug-likeness (QED) is 0.912. The summed E-state index contributed by atoms with van der Waals surface area (Å²) in [5.41, 5.74) is 2.57. The molecule has 0 amide bonds. The fourth-order valence-corrected chi connectivity index (χ4v) is 3.51. The second-order valence-corrected chi connectivity index (χ2v) is 6.42. The maximum Gasteiger partial charge on any atom is 0.0679 e. The molecule has 1 fully saturated rings. The van der Waals surface area contributed by atoms with Crippen LogP contribution in [0.15, 0.2) is 42.7 Å². The number of rotatable bonds is 4. The largest absolute Gasteiger partial charge is 0.381 e. The van der Waals surface area contributed by atoms with Gasteiger partial charge in [-0.2, -0.15) is 5.10 Å². The lowest BCUT2D eigenvalue weighted by molar-refractivity contribution is 0.268. The van der Waals surface area contributed by atoms with E-state index in [0.717, 1.165) is 18.4 Å². The van der Waals surface area contributed by atoms with Crippen molar-refractivity contribution in [2.24, 2.45) is 11.8 Å². The fourth-order valence-electron chi connectivity index (χ4n) is 3.51. The first-order valence-corrected chi connectivity index (χ1v) is 8.06. The van der Waals surface area contributed by atoms with Gasteiger partial charge in [-0.3, -0.25) is 4.68 Å². The van der Waals surface area contributed by atoms with E-state index in [4.69, 9.17) is 0 Å². The predicted octanol–water partition coefficient (Wildman–Crippen LogP) is 4.17. The monoisotopic (exact) mass is 283 g/mol. The zero-order valence-corrected chi connectivity index (χ0v) is 13.0. The van der Waals surface area contributed by atoms with Crippen molar-refractivity contribution in [3.8, 4) is 0 Å². The van der Waals surface area contributed by atoms with E-state index in [1.54, 1.807) is 0 Å². The molecular weight excluding hydrogens is 258 g/mol. The number of aromatic nitrogens is 2. The van der Waals surface area contributed by atoms with Gasteiger partial charge >= 0.3 is 0 Å². The smallest absolute Gasteiger partial charge is 0.0679 e. The lowest BCUT2D eigenvalue weighted by Gasteiger charge is -2.36. The number of hydrogen-bond acceptors (Lipinski definition) is 2. The van der Waals surface area contributed by atoms with Gasteiger partial charge < -0.3 is 5.32 Å². The van der Waals surface area contributed by atoms with Crippen LogP contribution in [-0.4, -0.2) is 15.8 Å². The number of para-hydroxylation sites is 1. The van der Waals surface area contributed by atoms with Gasteiger partial charge in [0.15, 0.2) is 0 Å². The third kappa shape index (κ3) is 3.29. The molecule has 0 radical (unpaired) electrons. The molecule has 3 nitrogen and oxygen atoms in total. The molecule has 112 valence electrons. The predicted molar refractivity (Wildman–Crippen MR) is 87.4 cm³/mol. The van der Waals surface area contributed by atoms with E-state index in [2.05, 4.69) is 48.5 Å². The Bertz CT molecular complexity index is 552. The summed E-state index contributed by atoms with van der Waals surface area (Å²) >= 11 is 0. The Balaban J connectivity index is 1.78. The number of benzene rings is 1. The molecule has 1 aromatic carbocycles. The van der Waals surface area contributed by atoms with Crippen molar-refractivity contribution in [1.82, 2.24) is 9.78 Å². The van der Waals surface area contributed by atoms with Gasteiger partial charge in [0.25, 0.3) is 0 Å². The third-order valence-corrected chi connectivity index (χ3v) is 4.78. The van der Waals surface area contributed by atoms with Crippen LogP contribution in [0.2, 0.25) is 0 Å². The summed E-state index contributed by atoms with van der Waals surface area (Å²) < 4.78 is 1.98. The molecule has 0 aliphatic heterocycles.